The van der Waals surface area contributed by atoms with Crippen molar-refractivity contribution in [2.75, 3.05) is 13.2 Å². The molecule has 2 rings (SSSR count). The molecule has 1 radical (unpaired) electrons. The first-order valence-corrected chi connectivity index (χ1v) is 6.00. The Morgan fingerprint density at radius 3 is 2.07 bits per heavy atom. The van der Waals surface area contributed by atoms with Gasteiger partial charge in [-0.25, -0.2) is 0 Å². The largest absolute Gasteiger partial charge is 0.339 e. The highest BCUT2D eigenvalue weighted by molar-refractivity contribution is 7.86. The van der Waals surface area contributed by atoms with Crippen LogP contribution in [-0.4, -0.2) is 13.2 Å². The summed E-state index contributed by atoms with van der Waals surface area (Å²) in [6.45, 7) is 1.13. The fraction of sp³-hybridized carbons (Fsp3) is 0.222. The number of hydrogen-bond donors (Lipinski definition) is 4. The van der Waals surface area contributed by atoms with Crippen LogP contribution < -0.4 is 0 Å². The monoisotopic (exact) mass is 277 g/mol. The first-order chi connectivity index (χ1) is 7.11. The number of rotatable bonds is 1. The lowest BCUT2D eigenvalue weighted by molar-refractivity contribution is 0.0974. The minimum atomic E-state index is 0.485. The van der Waals surface area contributed by atoms with Gasteiger partial charge in [0, 0.05) is 25.1 Å². The molecule has 6 heteroatoms. The van der Waals surface area contributed by atoms with Crippen LogP contribution in [-0.2, 0) is 9.47 Å². The molecule has 0 amide bonds. The number of hydrogen-bond acceptors (Lipinski definition) is 6. The van der Waals surface area contributed by atoms with E-state index in [9.17, 15) is 0 Å². The number of ether oxygens (including phenoxy) is 2. The summed E-state index contributed by atoms with van der Waals surface area (Å²) in [7, 11) is 0. The fourth-order valence-electron chi connectivity index (χ4n) is 1.26. The van der Waals surface area contributed by atoms with E-state index in [4.69, 9.17) is 9.47 Å². The van der Waals surface area contributed by atoms with Gasteiger partial charge in [0.1, 0.15) is 0 Å². The van der Waals surface area contributed by atoms with Gasteiger partial charge >= 0.3 is 0 Å². The van der Waals surface area contributed by atoms with E-state index in [2.05, 4.69) is 50.5 Å². The Bertz CT molecular complexity index is 388. The molecule has 0 aliphatic carbocycles. The maximum atomic E-state index is 5.32. The van der Waals surface area contributed by atoms with E-state index in [1.807, 2.05) is 6.07 Å². The Kier molecular flexibility index (Phi) is 3.85. The van der Waals surface area contributed by atoms with Crippen LogP contribution in [0.15, 0.2) is 25.6 Å². The molecule has 15 heavy (non-hydrogen) atoms. The molecule has 1 heterocycles. The van der Waals surface area contributed by atoms with E-state index >= 15 is 0 Å². The lowest BCUT2D eigenvalue weighted by Gasteiger charge is -2.14. The highest BCUT2D eigenvalue weighted by Gasteiger charge is 2.25. The van der Waals surface area contributed by atoms with Crippen molar-refractivity contribution in [2.24, 2.45) is 0 Å². The fourth-order valence-corrected chi connectivity index (χ4v) is 2.36. The molecule has 1 fully saturated rings. The lowest BCUT2D eigenvalue weighted by atomic mass is 10.2. The van der Waals surface area contributed by atoms with Crippen LogP contribution in [0.1, 0.15) is 5.56 Å². The summed E-state index contributed by atoms with van der Waals surface area (Å²) in [5.74, 6) is 0. The molecule has 0 atom stereocenters. The van der Waals surface area contributed by atoms with Gasteiger partial charge in [-0.1, -0.05) is 0 Å². The van der Waals surface area contributed by atoms with Gasteiger partial charge in [-0.05, 0) is 6.07 Å². The van der Waals surface area contributed by atoms with Crippen LogP contribution in [0.25, 0.3) is 0 Å². The second kappa shape index (κ2) is 4.81. The summed E-state index contributed by atoms with van der Waals surface area (Å²) in [4.78, 5) is 2.80. The van der Waals surface area contributed by atoms with Gasteiger partial charge in [-0.2, -0.15) is 0 Å². The Morgan fingerprint density at radius 1 is 0.867 bits per heavy atom. The molecule has 0 aromatic heterocycles. The van der Waals surface area contributed by atoms with Gasteiger partial charge in [0.25, 0.3) is 6.29 Å². The van der Waals surface area contributed by atoms with E-state index in [0.717, 1.165) is 10.5 Å². The van der Waals surface area contributed by atoms with E-state index < -0.39 is 0 Å². The molecule has 0 N–H and O–H groups in total. The first kappa shape index (κ1) is 12.0. The van der Waals surface area contributed by atoms with E-state index in [1.165, 1.54) is 0 Å². The first-order valence-electron chi connectivity index (χ1n) is 4.21. The summed E-state index contributed by atoms with van der Waals surface area (Å²) >= 11 is 17.3. The second-order valence-corrected chi connectivity index (χ2v) is 4.80. The van der Waals surface area contributed by atoms with Crippen molar-refractivity contribution in [2.45, 2.75) is 19.6 Å². The Balaban J connectivity index is 2.47. The minimum Gasteiger partial charge on any atom is -0.339 e. The molecule has 2 nitrogen and oxygen atoms in total. The summed E-state index contributed by atoms with van der Waals surface area (Å²) in [6, 6.07) is 1.81. The molecular weight excluding hydrogens is 268 g/mol. The minimum absolute atomic E-state index is 0.485. The van der Waals surface area contributed by atoms with Crippen LogP contribution >= 0.6 is 50.5 Å². The van der Waals surface area contributed by atoms with Crippen molar-refractivity contribution in [1.82, 2.24) is 0 Å². The number of thiol groups is 4. The van der Waals surface area contributed by atoms with Crippen LogP contribution in [0.3, 0.4) is 0 Å². The SMILES string of the molecule is Sc1cc([C]2OCCO2)c(S)c(S)c1S. The lowest BCUT2D eigenvalue weighted by Crippen LogP contribution is -2.02. The highest BCUT2D eigenvalue weighted by Crippen LogP contribution is 2.38. The van der Waals surface area contributed by atoms with Gasteiger partial charge < -0.3 is 9.47 Å². The van der Waals surface area contributed by atoms with Crippen molar-refractivity contribution in [3.63, 3.8) is 0 Å². The molecule has 1 aromatic carbocycles. The van der Waals surface area contributed by atoms with Crippen molar-refractivity contribution < 1.29 is 9.47 Å². The highest BCUT2D eigenvalue weighted by atomic mass is 32.1. The Labute approximate surface area is 110 Å². The summed E-state index contributed by atoms with van der Waals surface area (Å²) < 4.78 is 10.6. The molecule has 1 aliphatic heterocycles. The Hall–Kier alpha value is 0.540. The molecule has 0 bridgehead atoms. The van der Waals surface area contributed by atoms with Gasteiger partial charge in [-0.3, -0.25) is 0 Å². The van der Waals surface area contributed by atoms with Gasteiger partial charge in [0.15, 0.2) is 0 Å². The standard InChI is InChI=1S/C9H9O2S4/c12-5-3-4(9-10-1-2-11-9)6(13)8(15)7(5)14/h3,12-15H,1-2H2. The average Bonchev–Trinajstić information content (AvgIpc) is 2.73. The van der Waals surface area contributed by atoms with Crippen LogP contribution in [0, 0.1) is 6.29 Å². The maximum Gasteiger partial charge on any atom is 0.257 e. The topological polar surface area (TPSA) is 18.5 Å². The van der Waals surface area contributed by atoms with E-state index in [-0.39, 0.29) is 0 Å². The zero-order chi connectivity index (χ0) is 11.0. The van der Waals surface area contributed by atoms with Gasteiger partial charge in [0.05, 0.1) is 13.2 Å². The third-order valence-electron chi connectivity index (χ3n) is 2.00. The Morgan fingerprint density at radius 2 is 1.47 bits per heavy atom. The molecule has 81 valence electrons. The van der Waals surface area contributed by atoms with E-state index in [0.29, 0.717) is 34.2 Å². The molecule has 0 spiro atoms. The molecule has 1 saturated heterocycles. The summed E-state index contributed by atoms with van der Waals surface area (Å²) in [5.41, 5.74) is 0.767. The third kappa shape index (κ3) is 2.30. The summed E-state index contributed by atoms with van der Waals surface area (Å²) in [5, 5.41) is 0. The number of benzene rings is 1. The van der Waals surface area contributed by atoms with Crippen molar-refractivity contribution in [3.8, 4) is 0 Å². The van der Waals surface area contributed by atoms with Crippen LogP contribution in [0.2, 0.25) is 0 Å². The second-order valence-electron chi connectivity index (χ2n) is 2.97. The quantitative estimate of drug-likeness (QED) is 0.592. The maximum absolute atomic E-state index is 5.32. The zero-order valence-electron chi connectivity index (χ0n) is 7.60. The normalized spacial score (nSPS) is 17.3. The van der Waals surface area contributed by atoms with Crippen molar-refractivity contribution in [1.29, 1.82) is 0 Å². The zero-order valence-corrected chi connectivity index (χ0v) is 11.2. The molecule has 0 saturated carbocycles. The van der Waals surface area contributed by atoms with Gasteiger partial charge in [0.2, 0.25) is 0 Å². The van der Waals surface area contributed by atoms with Crippen LogP contribution in [0.5, 0.6) is 0 Å². The van der Waals surface area contributed by atoms with Crippen LogP contribution in [0.4, 0.5) is 0 Å². The molecule has 1 aliphatic rings. The average molecular weight is 277 g/mol. The van der Waals surface area contributed by atoms with Crippen molar-refractivity contribution >= 4 is 50.5 Å². The van der Waals surface area contributed by atoms with Crippen molar-refractivity contribution in [3.05, 3.63) is 17.9 Å². The molecular formula is C9H9O2S4. The molecule has 0 unspecified atom stereocenters. The van der Waals surface area contributed by atoms with Gasteiger partial charge in [-0.15, -0.1) is 50.5 Å². The predicted molar refractivity (Wildman–Crippen MR) is 69.7 cm³/mol. The van der Waals surface area contributed by atoms with E-state index in [1.54, 1.807) is 0 Å². The third-order valence-corrected chi connectivity index (χ3v) is 4.26. The molecule has 1 aromatic rings. The smallest absolute Gasteiger partial charge is 0.257 e. The predicted octanol–water partition coefficient (Wildman–Crippen LogP) is 2.73. The summed E-state index contributed by atoms with van der Waals surface area (Å²) in [6.07, 6.45) is 0.485.